The smallest absolute Gasteiger partial charge is 0.185 e. The predicted molar refractivity (Wildman–Crippen MR) is 50.1 cm³/mol. The van der Waals surface area contributed by atoms with Crippen LogP contribution in [-0.2, 0) is 7.05 Å². The van der Waals surface area contributed by atoms with E-state index in [1.54, 1.807) is 22.8 Å². The van der Waals surface area contributed by atoms with Crippen molar-refractivity contribution < 1.29 is 0 Å². The highest BCUT2D eigenvalue weighted by molar-refractivity contribution is 9.09. The monoisotopic (exact) mass is 235 g/mol. The molecule has 1 heterocycles. The van der Waals surface area contributed by atoms with Crippen molar-refractivity contribution in [1.82, 2.24) is 14.8 Å². The molecular weight excluding hydrogens is 226 g/mol. The standard InChI is InChI=1S/C6H10BrN3S/c1-10-6(8-5-9-10)11-4-2-3-7/h5H,2-4H2,1H3. The second kappa shape index (κ2) is 4.77. The number of hydrogen-bond acceptors (Lipinski definition) is 3. The Bertz CT molecular complexity index is 213. The van der Waals surface area contributed by atoms with Gasteiger partial charge in [0.2, 0.25) is 0 Å². The minimum atomic E-state index is 0.992. The summed E-state index contributed by atoms with van der Waals surface area (Å²) < 4.78 is 1.79. The van der Waals surface area contributed by atoms with Gasteiger partial charge < -0.3 is 0 Å². The lowest BCUT2D eigenvalue weighted by atomic mass is 10.6. The highest BCUT2D eigenvalue weighted by atomic mass is 79.9. The summed E-state index contributed by atoms with van der Waals surface area (Å²) in [6.07, 6.45) is 2.74. The summed E-state index contributed by atoms with van der Waals surface area (Å²) in [5, 5.41) is 6.01. The summed E-state index contributed by atoms with van der Waals surface area (Å²) in [5.74, 6) is 1.10. The second-order valence-electron chi connectivity index (χ2n) is 2.06. The number of hydrogen-bond donors (Lipinski definition) is 0. The third kappa shape index (κ3) is 2.83. The van der Waals surface area contributed by atoms with Crippen LogP contribution < -0.4 is 0 Å². The van der Waals surface area contributed by atoms with E-state index >= 15 is 0 Å². The average Bonchev–Trinajstić information content (AvgIpc) is 2.37. The number of halogens is 1. The van der Waals surface area contributed by atoms with Crippen LogP contribution in [-0.4, -0.2) is 25.8 Å². The normalized spacial score (nSPS) is 10.4. The highest BCUT2D eigenvalue weighted by Crippen LogP contribution is 2.14. The van der Waals surface area contributed by atoms with Gasteiger partial charge in [-0.25, -0.2) is 9.67 Å². The first-order chi connectivity index (χ1) is 5.34. The van der Waals surface area contributed by atoms with Crippen LogP contribution in [0.15, 0.2) is 11.5 Å². The molecule has 11 heavy (non-hydrogen) atoms. The maximum absolute atomic E-state index is 4.09. The Morgan fingerprint density at radius 1 is 1.73 bits per heavy atom. The van der Waals surface area contributed by atoms with Gasteiger partial charge in [0.15, 0.2) is 5.16 Å². The Morgan fingerprint density at radius 2 is 2.55 bits per heavy atom. The van der Waals surface area contributed by atoms with E-state index < -0.39 is 0 Å². The van der Waals surface area contributed by atoms with Gasteiger partial charge >= 0.3 is 0 Å². The molecule has 0 amide bonds. The second-order valence-corrected chi connectivity index (χ2v) is 3.91. The Hall–Kier alpha value is -0.0300. The van der Waals surface area contributed by atoms with Gasteiger partial charge in [0.25, 0.3) is 0 Å². The van der Waals surface area contributed by atoms with Crippen molar-refractivity contribution in [3.8, 4) is 0 Å². The first kappa shape index (κ1) is 9.06. The highest BCUT2D eigenvalue weighted by Gasteiger charge is 1.98. The van der Waals surface area contributed by atoms with Crippen molar-refractivity contribution in [2.24, 2.45) is 7.05 Å². The molecule has 0 radical (unpaired) electrons. The summed E-state index contributed by atoms with van der Waals surface area (Å²) in [6.45, 7) is 0. The summed E-state index contributed by atoms with van der Waals surface area (Å²) in [7, 11) is 1.91. The molecule has 0 bridgehead atoms. The maximum atomic E-state index is 4.09. The maximum Gasteiger partial charge on any atom is 0.185 e. The number of alkyl halides is 1. The molecule has 0 aliphatic carbocycles. The Morgan fingerprint density at radius 3 is 3.09 bits per heavy atom. The summed E-state index contributed by atoms with van der Waals surface area (Å²) in [6, 6.07) is 0. The first-order valence-corrected chi connectivity index (χ1v) is 5.48. The lowest BCUT2D eigenvalue weighted by Crippen LogP contribution is -1.93. The molecule has 0 fully saturated rings. The fourth-order valence-corrected chi connectivity index (χ4v) is 2.11. The van der Waals surface area contributed by atoms with Crippen LogP contribution >= 0.6 is 27.7 Å². The molecule has 3 nitrogen and oxygen atoms in total. The zero-order valence-electron chi connectivity index (χ0n) is 6.33. The van der Waals surface area contributed by atoms with E-state index in [0.29, 0.717) is 0 Å². The molecule has 0 saturated carbocycles. The number of aromatic nitrogens is 3. The molecule has 0 spiro atoms. The number of aryl methyl sites for hydroxylation is 1. The van der Waals surface area contributed by atoms with Gasteiger partial charge in [0, 0.05) is 18.1 Å². The van der Waals surface area contributed by atoms with E-state index in [2.05, 4.69) is 26.0 Å². The molecule has 62 valence electrons. The van der Waals surface area contributed by atoms with Crippen LogP contribution in [0.1, 0.15) is 6.42 Å². The third-order valence-electron chi connectivity index (χ3n) is 1.18. The molecule has 0 N–H and O–H groups in total. The molecule has 1 aromatic heterocycles. The van der Waals surface area contributed by atoms with Gasteiger partial charge in [-0.3, -0.25) is 0 Å². The van der Waals surface area contributed by atoms with Crippen molar-refractivity contribution >= 4 is 27.7 Å². The molecule has 1 rings (SSSR count). The van der Waals surface area contributed by atoms with Crippen LogP contribution in [0.5, 0.6) is 0 Å². The quantitative estimate of drug-likeness (QED) is 0.453. The molecule has 0 saturated heterocycles. The SMILES string of the molecule is Cn1ncnc1SCCCBr. The van der Waals surface area contributed by atoms with Crippen molar-refractivity contribution in [2.45, 2.75) is 11.6 Å². The summed E-state index contributed by atoms with van der Waals surface area (Å²) in [4.78, 5) is 4.09. The lowest BCUT2D eigenvalue weighted by Gasteiger charge is -1.96. The van der Waals surface area contributed by atoms with E-state index in [9.17, 15) is 0 Å². The number of nitrogens with zero attached hydrogens (tertiary/aromatic N) is 3. The van der Waals surface area contributed by atoms with Crippen molar-refractivity contribution in [1.29, 1.82) is 0 Å². The van der Waals surface area contributed by atoms with Crippen molar-refractivity contribution in [3.63, 3.8) is 0 Å². The largest absolute Gasteiger partial charge is 0.244 e. The van der Waals surface area contributed by atoms with Gasteiger partial charge in [-0.1, -0.05) is 27.7 Å². The molecule has 0 unspecified atom stereocenters. The number of rotatable bonds is 4. The number of thioether (sulfide) groups is 1. The van der Waals surface area contributed by atoms with E-state index in [1.807, 2.05) is 7.05 Å². The average molecular weight is 236 g/mol. The molecule has 1 aromatic rings. The lowest BCUT2D eigenvalue weighted by molar-refractivity contribution is 0.685. The van der Waals surface area contributed by atoms with E-state index in [1.165, 1.54) is 0 Å². The van der Waals surface area contributed by atoms with Gasteiger partial charge in [0.05, 0.1) is 0 Å². The summed E-state index contributed by atoms with van der Waals surface area (Å²) >= 11 is 5.11. The van der Waals surface area contributed by atoms with Crippen molar-refractivity contribution in [3.05, 3.63) is 6.33 Å². The molecule has 0 atom stereocenters. The third-order valence-corrected chi connectivity index (χ3v) is 2.86. The Labute approximate surface area is 78.7 Å². The van der Waals surface area contributed by atoms with E-state index in [0.717, 1.165) is 22.7 Å². The minimum Gasteiger partial charge on any atom is -0.244 e. The van der Waals surface area contributed by atoms with E-state index in [-0.39, 0.29) is 0 Å². The molecular formula is C6H10BrN3S. The van der Waals surface area contributed by atoms with Gasteiger partial charge in [0.1, 0.15) is 6.33 Å². The van der Waals surface area contributed by atoms with Gasteiger partial charge in [-0.15, -0.1) is 0 Å². The van der Waals surface area contributed by atoms with Crippen LogP contribution in [0.3, 0.4) is 0 Å². The summed E-state index contributed by atoms with van der Waals surface area (Å²) in [5.41, 5.74) is 0. The topological polar surface area (TPSA) is 30.7 Å². The minimum absolute atomic E-state index is 0.992. The van der Waals surface area contributed by atoms with Gasteiger partial charge in [-0.05, 0) is 6.42 Å². The Balaban J connectivity index is 2.32. The molecule has 5 heteroatoms. The zero-order valence-corrected chi connectivity index (χ0v) is 8.73. The molecule has 0 aromatic carbocycles. The molecule has 0 aliphatic rings. The van der Waals surface area contributed by atoms with Crippen LogP contribution in [0.25, 0.3) is 0 Å². The molecule has 0 aliphatic heterocycles. The van der Waals surface area contributed by atoms with Crippen LogP contribution in [0, 0.1) is 0 Å². The first-order valence-electron chi connectivity index (χ1n) is 3.37. The van der Waals surface area contributed by atoms with E-state index in [4.69, 9.17) is 0 Å². The van der Waals surface area contributed by atoms with Gasteiger partial charge in [-0.2, -0.15) is 5.10 Å². The van der Waals surface area contributed by atoms with Crippen LogP contribution in [0.4, 0.5) is 0 Å². The Kier molecular flexibility index (Phi) is 3.93. The fourth-order valence-electron chi connectivity index (χ4n) is 0.634. The predicted octanol–water partition coefficient (Wildman–Crippen LogP) is 1.69. The van der Waals surface area contributed by atoms with Crippen molar-refractivity contribution in [2.75, 3.05) is 11.1 Å². The van der Waals surface area contributed by atoms with Crippen LogP contribution in [0.2, 0.25) is 0 Å². The fraction of sp³-hybridized carbons (Fsp3) is 0.667. The zero-order chi connectivity index (χ0) is 8.10.